The first-order valence-electron chi connectivity index (χ1n) is 9.15. The Bertz CT molecular complexity index is 907. The van der Waals surface area contributed by atoms with Crippen LogP contribution in [0.25, 0.3) is 0 Å². The van der Waals surface area contributed by atoms with Crippen LogP contribution < -0.4 is 15.8 Å². The van der Waals surface area contributed by atoms with E-state index in [0.717, 1.165) is 23.3 Å². The van der Waals surface area contributed by atoms with Crippen molar-refractivity contribution < 1.29 is 27.4 Å². The van der Waals surface area contributed by atoms with E-state index in [1.54, 1.807) is 20.8 Å². The lowest BCUT2D eigenvalue weighted by atomic mass is 10.1. The third kappa shape index (κ3) is 4.93. The number of nitrogen functional groups attached to an aromatic ring is 1. The fourth-order valence-electron chi connectivity index (χ4n) is 3.27. The van der Waals surface area contributed by atoms with E-state index in [9.17, 15) is 18.0 Å². The predicted molar refractivity (Wildman–Crippen MR) is 103 cm³/mol. The number of benzene rings is 2. The minimum atomic E-state index is -4.49. The summed E-state index contributed by atoms with van der Waals surface area (Å²) in [6, 6.07) is 9.94. The van der Waals surface area contributed by atoms with E-state index < -0.39 is 35.6 Å². The summed E-state index contributed by atoms with van der Waals surface area (Å²) >= 11 is 0. The second kappa shape index (κ2) is 7.50. The third-order valence-electron chi connectivity index (χ3n) is 4.47. The van der Waals surface area contributed by atoms with Gasteiger partial charge in [-0.3, -0.25) is 0 Å². The maximum Gasteiger partial charge on any atom is 0.416 e. The van der Waals surface area contributed by atoms with Gasteiger partial charge in [0.15, 0.2) is 0 Å². The van der Waals surface area contributed by atoms with E-state index in [1.165, 1.54) is 6.07 Å². The van der Waals surface area contributed by atoms with Crippen LogP contribution >= 0.6 is 0 Å². The van der Waals surface area contributed by atoms with Crippen molar-refractivity contribution in [2.45, 2.75) is 51.1 Å². The molecule has 0 radical (unpaired) electrons. The SMILES string of the molecule is CC(C)(C)OC(=O)N[C@@H]1c2ccccc2C[C@H]1Oc1ccc(C(F)(F)F)cc1N. The van der Waals surface area contributed by atoms with Crippen molar-refractivity contribution in [3.63, 3.8) is 0 Å². The molecule has 1 amide bonds. The molecule has 1 aliphatic carbocycles. The Hall–Kier alpha value is -2.90. The van der Waals surface area contributed by atoms with Crippen LogP contribution in [0.3, 0.4) is 0 Å². The average Bonchev–Trinajstić information content (AvgIpc) is 2.91. The smallest absolute Gasteiger partial charge is 0.416 e. The zero-order chi connectivity index (χ0) is 21.4. The van der Waals surface area contributed by atoms with Crippen LogP contribution in [0.1, 0.15) is 43.5 Å². The maximum atomic E-state index is 12.9. The van der Waals surface area contributed by atoms with Crippen molar-refractivity contribution in [3.8, 4) is 5.75 Å². The molecular weight excluding hydrogens is 385 g/mol. The number of alkyl carbamates (subject to hydrolysis) is 1. The highest BCUT2D eigenvalue weighted by molar-refractivity contribution is 5.69. The predicted octanol–water partition coefficient (Wildman–Crippen LogP) is 4.86. The summed E-state index contributed by atoms with van der Waals surface area (Å²) in [6.07, 6.45) is -5.17. The molecule has 0 aliphatic heterocycles. The molecule has 0 unspecified atom stereocenters. The first-order valence-corrected chi connectivity index (χ1v) is 9.15. The van der Waals surface area contributed by atoms with Crippen LogP contribution in [-0.2, 0) is 17.3 Å². The summed E-state index contributed by atoms with van der Waals surface area (Å²) in [5, 5.41) is 2.81. The summed E-state index contributed by atoms with van der Waals surface area (Å²) in [7, 11) is 0. The Balaban J connectivity index is 1.83. The second-order valence-electron chi connectivity index (χ2n) is 7.93. The quantitative estimate of drug-likeness (QED) is 0.712. The van der Waals surface area contributed by atoms with Crippen molar-refractivity contribution >= 4 is 11.8 Å². The van der Waals surface area contributed by atoms with E-state index >= 15 is 0 Å². The van der Waals surface area contributed by atoms with E-state index in [2.05, 4.69) is 5.32 Å². The number of nitrogens with one attached hydrogen (secondary N) is 1. The van der Waals surface area contributed by atoms with Gasteiger partial charge in [-0.1, -0.05) is 24.3 Å². The second-order valence-corrected chi connectivity index (χ2v) is 7.93. The van der Waals surface area contributed by atoms with Gasteiger partial charge in [0.2, 0.25) is 0 Å². The zero-order valence-corrected chi connectivity index (χ0v) is 16.3. The number of fused-ring (bicyclic) bond motifs is 1. The molecule has 29 heavy (non-hydrogen) atoms. The van der Waals surface area contributed by atoms with Crippen molar-refractivity contribution in [3.05, 3.63) is 59.2 Å². The number of rotatable bonds is 3. The summed E-state index contributed by atoms with van der Waals surface area (Å²) in [6.45, 7) is 5.27. The number of nitrogens with two attached hydrogens (primary N) is 1. The van der Waals surface area contributed by atoms with Gasteiger partial charge in [-0.2, -0.15) is 13.2 Å². The Morgan fingerprint density at radius 2 is 1.83 bits per heavy atom. The van der Waals surface area contributed by atoms with Gasteiger partial charge in [-0.15, -0.1) is 0 Å². The lowest BCUT2D eigenvalue weighted by Gasteiger charge is -2.26. The maximum absolute atomic E-state index is 12.9. The van der Waals surface area contributed by atoms with E-state index in [1.807, 2.05) is 24.3 Å². The van der Waals surface area contributed by atoms with Crippen molar-refractivity contribution in [1.82, 2.24) is 5.32 Å². The van der Waals surface area contributed by atoms with Crippen LogP contribution in [0.4, 0.5) is 23.7 Å². The Morgan fingerprint density at radius 3 is 2.45 bits per heavy atom. The normalized spacial score (nSPS) is 18.8. The number of anilines is 1. The lowest BCUT2D eigenvalue weighted by Crippen LogP contribution is -2.40. The number of carbonyl (C=O) groups excluding carboxylic acids is 1. The number of ether oxygens (including phenoxy) is 2. The van der Waals surface area contributed by atoms with Crippen LogP contribution in [0.2, 0.25) is 0 Å². The molecule has 2 atom stereocenters. The Morgan fingerprint density at radius 1 is 1.14 bits per heavy atom. The molecule has 2 aromatic rings. The van der Waals surface area contributed by atoms with Crippen molar-refractivity contribution in [1.29, 1.82) is 0 Å². The van der Waals surface area contributed by atoms with Crippen LogP contribution in [-0.4, -0.2) is 17.8 Å². The molecule has 3 N–H and O–H groups in total. The number of halogens is 3. The molecule has 2 aromatic carbocycles. The fourth-order valence-corrected chi connectivity index (χ4v) is 3.27. The van der Waals surface area contributed by atoms with E-state index in [-0.39, 0.29) is 11.4 Å². The van der Waals surface area contributed by atoms with Gasteiger partial charge in [0.05, 0.1) is 17.3 Å². The molecule has 0 aromatic heterocycles. The minimum Gasteiger partial charge on any atom is -0.485 e. The van der Waals surface area contributed by atoms with Gasteiger partial charge in [0.25, 0.3) is 0 Å². The molecule has 5 nitrogen and oxygen atoms in total. The Kier molecular flexibility index (Phi) is 5.38. The number of amides is 1. The van der Waals surface area contributed by atoms with Crippen LogP contribution in [0, 0.1) is 0 Å². The number of hydrogen-bond acceptors (Lipinski definition) is 4. The Labute approximate surface area is 167 Å². The first kappa shape index (κ1) is 20.8. The van der Waals surface area contributed by atoms with Gasteiger partial charge in [-0.25, -0.2) is 4.79 Å². The van der Waals surface area contributed by atoms with Crippen LogP contribution in [0.15, 0.2) is 42.5 Å². The molecule has 0 bridgehead atoms. The molecule has 0 fully saturated rings. The van der Waals surface area contributed by atoms with E-state index in [0.29, 0.717) is 6.42 Å². The minimum absolute atomic E-state index is 0.119. The van der Waals surface area contributed by atoms with Gasteiger partial charge < -0.3 is 20.5 Å². The molecular formula is C21H23F3N2O3. The highest BCUT2D eigenvalue weighted by Crippen LogP contribution is 2.38. The molecule has 156 valence electrons. The third-order valence-corrected chi connectivity index (χ3v) is 4.47. The average molecular weight is 408 g/mol. The molecule has 0 heterocycles. The van der Waals surface area contributed by atoms with Crippen LogP contribution in [0.5, 0.6) is 5.75 Å². The van der Waals surface area contributed by atoms with Gasteiger partial charge in [0.1, 0.15) is 17.5 Å². The molecule has 8 heteroatoms. The van der Waals surface area contributed by atoms with Gasteiger partial charge in [-0.05, 0) is 50.1 Å². The first-order chi connectivity index (χ1) is 13.4. The van der Waals surface area contributed by atoms with Crippen molar-refractivity contribution in [2.75, 3.05) is 5.73 Å². The lowest BCUT2D eigenvalue weighted by molar-refractivity contribution is -0.137. The summed E-state index contributed by atoms with van der Waals surface area (Å²) < 4.78 is 49.9. The molecule has 0 saturated heterocycles. The topological polar surface area (TPSA) is 73.6 Å². The number of carbonyl (C=O) groups is 1. The summed E-state index contributed by atoms with van der Waals surface area (Å²) in [5.74, 6) is 0.131. The number of hydrogen-bond donors (Lipinski definition) is 2. The molecule has 0 spiro atoms. The monoisotopic (exact) mass is 408 g/mol. The fraction of sp³-hybridized carbons (Fsp3) is 0.381. The van der Waals surface area contributed by atoms with Gasteiger partial charge >= 0.3 is 12.3 Å². The van der Waals surface area contributed by atoms with Gasteiger partial charge in [0, 0.05) is 6.42 Å². The highest BCUT2D eigenvalue weighted by atomic mass is 19.4. The standard InChI is InChI=1S/C21H23F3N2O3/c1-20(2,3)29-19(27)26-18-14-7-5-4-6-12(14)10-17(18)28-16-9-8-13(11-15(16)25)21(22,23)24/h4-9,11,17-18H,10,25H2,1-3H3,(H,26,27)/t17-,18-/m1/s1. The number of alkyl halides is 3. The molecule has 1 aliphatic rings. The summed E-state index contributed by atoms with van der Waals surface area (Å²) in [5.41, 5.74) is 6.00. The molecule has 3 rings (SSSR count). The van der Waals surface area contributed by atoms with E-state index in [4.69, 9.17) is 15.2 Å². The van der Waals surface area contributed by atoms with Crippen molar-refractivity contribution in [2.24, 2.45) is 0 Å². The summed E-state index contributed by atoms with van der Waals surface area (Å²) in [4.78, 5) is 12.3. The highest BCUT2D eigenvalue weighted by Gasteiger charge is 2.37. The zero-order valence-electron chi connectivity index (χ0n) is 16.3. The molecule has 0 saturated carbocycles. The largest absolute Gasteiger partial charge is 0.485 e.